The number of alkyl carbamates (subject to hydrolysis) is 1. The van der Waals surface area contributed by atoms with Crippen molar-refractivity contribution in [3.63, 3.8) is 0 Å². The Kier molecular flexibility index (Phi) is 6.37. The number of nitrogens with one attached hydrogen (secondary N) is 1. The molecule has 1 N–H and O–H groups in total. The van der Waals surface area contributed by atoms with Crippen molar-refractivity contribution in [2.75, 3.05) is 7.11 Å². The third kappa shape index (κ3) is 5.54. The highest BCUT2D eigenvalue weighted by molar-refractivity contribution is 9.10. The average Bonchev–Trinajstić information content (AvgIpc) is 2.97. The monoisotopic (exact) mass is 395 g/mol. The van der Waals surface area contributed by atoms with E-state index in [0.29, 0.717) is 0 Å². The van der Waals surface area contributed by atoms with Crippen molar-refractivity contribution < 1.29 is 19.1 Å². The van der Waals surface area contributed by atoms with E-state index < -0.39 is 12.1 Å². The SMILES string of the molecule is COC(=O)/C(=C/c1cc(Br)cs1)NC(=O)OCc1ccccc1. The first-order valence-corrected chi connectivity index (χ1v) is 8.27. The van der Waals surface area contributed by atoms with Crippen LogP contribution in [0.4, 0.5) is 4.79 Å². The molecule has 0 unspecified atom stereocenters. The first-order valence-electron chi connectivity index (χ1n) is 6.60. The molecule has 0 saturated heterocycles. The van der Waals surface area contributed by atoms with Gasteiger partial charge in [0, 0.05) is 14.7 Å². The first-order chi connectivity index (χ1) is 11.1. The van der Waals surface area contributed by atoms with Gasteiger partial charge in [0.1, 0.15) is 12.3 Å². The number of halogens is 1. The molecule has 23 heavy (non-hydrogen) atoms. The normalized spacial score (nSPS) is 11.0. The zero-order valence-electron chi connectivity index (χ0n) is 12.2. The van der Waals surface area contributed by atoms with Gasteiger partial charge in [0.15, 0.2) is 0 Å². The van der Waals surface area contributed by atoms with Crippen LogP contribution in [0, 0.1) is 0 Å². The van der Waals surface area contributed by atoms with E-state index in [9.17, 15) is 9.59 Å². The second-order valence-corrected chi connectivity index (χ2v) is 6.26. The second kappa shape index (κ2) is 8.50. The molecule has 1 aromatic heterocycles. The Bertz CT molecular complexity index is 712. The van der Waals surface area contributed by atoms with Crippen molar-refractivity contribution in [3.05, 3.63) is 62.4 Å². The summed E-state index contributed by atoms with van der Waals surface area (Å²) in [6, 6.07) is 11.1. The topological polar surface area (TPSA) is 64.6 Å². The maximum Gasteiger partial charge on any atom is 0.412 e. The van der Waals surface area contributed by atoms with Gasteiger partial charge in [0.2, 0.25) is 0 Å². The van der Waals surface area contributed by atoms with Crippen molar-refractivity contribution in [2.24, 2.45) is 0 Å². The van der Waals surface area contributed by atoms with E-state index in [0.717, 1.165) is 14.9 Å². The number of esters is 1. The van der Waals surface area contributed by atoms with Crippen LogP contribution in [0.3, 0.4) is 0 Å². The molecular formula is C16H14BrNO4S. The smallest absolute Gasteiger partial charge is 0.412 e. The van der Waals surface area contributed by atoms with Crippen molar-refractivity contribution in [1.29, 1.82) is 0 Å². The summed E-state index contributed by atoms with van der Waals surface area (Å²) in [7, 11) is 1.25. The zero-order valence-corrected chi connectivity index (χ0v) is 14.6. The van der Waals surface area contributed by atoms with Crippen molar-refractivity contribution in [3.8, 4) is 0 Å². The molecule has 0 bridgehead atoms. The van der Waals surface area contributed by atoms with E-state index in [1.54, 1.807) is 0 Å². The number of ether oxygens (including phenoxy) is 2. The minimum absolute atomic E-state index is 0.0138. The second-order valence-electron chi connectivity index (χ2n) is 4.40. The zero-order chi connectivity index (χ0) is 16.7. The molecule has 0 spiro atoms. The lowest BCUT2D eigenvalue weighted by atomic mass is 10.2. The van der Waals surface area contributed by atoms with Gasteiger partial charge in [0.05, 0.1) is 7.11 Å². The van der Waals surface area contributed by atoms with Gasteiger partial charge in [-0.2, -0.15) is 0 Å². The Hall–Kier alpha value is -2.12. The highest BCUT2D eigenvalue weighted by Crippen LogP contribution is 2.22. The Balaban J connectivity index is 2.01. The average molecular weight is 396 g/mol. The molecule has 1 heterocycles. The largest absolute Gasteiger partial charge is 0.464 e. The minimum Gasteiger partial charge on any atom is -0.464 e. The molecule has 0 fully saturated rings. The molecule has 0 radical (unpaired) electrons. The fourth-order valence-electron chi connectivity index (χ4n) is 1.67. The summed E-state index contributed by atoms with van der Waals surface area (Å²) < 4.78 is 10.7. The minimum atomic E-state index is -0.721. The van der Waals surface area contributed by atoms with Crippen LogP contribution < -0.4 is 5.32 Å². The van der Waals surface area contributed by atoms with Crippen LogP contribution in [0.5, 0.6) is 0 Å². The predicted octanol–water partition coefficient (Wildman–Crippen LogP) is 3.95. The van der Waals surface area contributed by atoms with Gasteiger partial charge in [-0.25, -0.2) is 9.59 Å². The summed E-state index contributed by atoms with van der Waals surface area (Å²) in [5, 5.41) is 4.28. The van der Waals surface area contributed by atoms with E-state index in [1.165, 1.54) is 24.5 Å². The lowest BCUT2D eigenvalue weighted by Crippen LogP contribution is -2.28. The van der Waals surface area contributed by atoms with E-state index >= 15 is 0 Å². The maximum atomic E-state index is 11.9. The molecular weight excluding hydrogens is 382 g/mol. The Morgan fingerprint density at radius 2 is 2.04 bits per heavy atom. The van der Waals surface area contributed by atoms with Crippen molar-refractivity contribution in [2.45, 2.75) is 6.61 Å². The fourth-order valence-corrected chi connectivity index (χ4v) is 3.05. The summed E-state index contributed by atoms with van der Waals surface area (Å²) in [6.45, 7) is 0.117. The summed E-state index contributed by atoms with van der Waals surface area (Å²) in [6.07, 6.45) is 0.812. The molecule has 5 nitrogen and oxygen atoms in total. The molecule has 7 heteroatoms. The van der Waals surface area contributed by atoms with Crippen LogP contribution in [0.2, 0.25) is 0 Å². The molecule has 0 atom stereocenters. The summed E-state index contributed by atoms with van der Waals surface area (Å²) in [5.74, 6) is -0.647. The van der Waals surface area contributed by atoms with E-state index in [2.05, 4.69) is 26.0 Å². The van der Waals surface area contributed by atoms with Crippen LogP contribution in [0.1, 0.15) is 10.4 Å². The van der Waals surface area contributed by atoms with Gasteiger partial charge >= 0.3 is 12.1 Å². The highest BCUT2D eigenvalue weighted by Gasteiger charge is 2.15. The molecule has 0 aliphatic carbocycles. The van der Waals surface area contributed by atoms with Crippen LogP contribution in [0.25, 0.3) is 6.08 Å². The molecule has 0 aliphatic heterocycles. The molecule has 2 rings (SSSR count). The molecule has 2 aromatic rings. The van der Waals surface area contributed by atoms with Crippen LogP contribution in [-0.2, 0) is 20.9 Å². The summed E-state index contributed by atoms with van der Waals surface area (Å²) in [5.41, 5.74) is 0.869. The number of thiophene rings is 1. The fraction of sp³-hybridized carbons (Fsp3) is 0.125. The highest BCUT2D eigenvalue weighted by atomic mass is 79.9. The van der Waals surface area contributed by atoms with Gasteiger partial charge < -0.3 is 9.47 Å². The lowest BCUT2D eigenvalue weighted by molar-refractivity contribution is -0.136. The van der Waals surface area contributed by atoms with Crippen molar-refractivity contribution in [1.82, 2.24) is 5.32 Å². The van der Waals surface area contributed by atoms with Gasteiger partial charge in [0.25, 0.3) is 0 Å². The number of hydrogen-bond donors (Lipinski definition) is 1. The number of carbonyl (C=O) groups is 2. The number of methoxy groups -OCH3 is 1. The van der Waals surface area contributed by atoms with Gasteiger partial charge in [-0.15, -0.1) is 11.3 Å². The first kappa shape index (κ1) is 17.2. The number of rotatable bonds is 5. The molecule has 1 aromatic carbocycles. The quantitative estimate of drug-likeness (QED) is 0.614. The molecule has 0 aliphatic rings. The van der Waals surface area contributed by atoms with Gasteiger partial charge in [-0.3, -0.25) is 5.32 Å². The molecule has 0 saturated carbocycles. The van der Waals surface area contributed by atoms with Gasteiger partial charge in [-0.05, 0) is 33.6 Å². The van der Waals surface area contributed by atoms with E-state index in [-0.39, 0.29) is 12.3 Å². The standard InChI is InChI=1S/C16H14BrNO4S/c1-21-15(19)14(8-13-7-12(17)10-23-13)18-16(20)22-9-11-5-3-2-4-6-11/h2-8,10H,9H2,1H3,(H,18,20)/b14-8-. The summed E-state index contributed by atoms with van der Waals surface area (Å²) >= 11 is 4.75. The van der Waals surface area contributed by atoms with E-state index in [4.69, 9.17) is 4.74 Å². The van der Waals surface area contributed by atoms with Crippen LogP contribution in [-0.4, -0.2) is 19.2 Å². The number of hydrogen-bond acceptors (Lipinski definition) is 5. The molecule has 120 valence electrons. The Labute approximate surface area is 146 Å². The Morgan fingerprint density at radius 3 is 2.65 bits per heavy atom. The third-order valence-electron chi connectivity index (χ3n) is 2.73. The maximum absolute atomic E-state index is 11.9. The number of amides is 1. The van der Waals surface area contributed by atoms with Crippen LogP contribution in [0.15, 0.2) is 51.9 Å². The Morgan fingerprint density at radius 1 is 1.30 bits per heavy atom. The van der Waals surface area contributed by atoms with Gasteiger partial charge in [-0.1, -0.05) is 30.3 Å². The molecule has 1 amide bonds. The predicted molar refractivity (Wildman–Crippen MR) is 91.8 cm³/mol. The summed E-state index contributed by atoms with van der Waals surface area (Å²) in [4.78, 5) is 24.4. The third-order valence-corrected chi connectivity index (χ3v) is 4.37. The number of benzene rings is 1. The number of carbonyl (C=O) groups excluding carboxylic acids is 2. The van der Waals surface area contributed by atoms with Crippen molar-refractivity contribution >= 4 is 45.4 Å². The van der Waals surface area contributed by atoms with Crippen LogP contribution >= 0.6 is 27.3 Å². The lowest BCUT2D eigenvalue weighted by Gasteiger charge is -2.09. The van der Waals surface area contributed by atoms with E-state index in [1.807, 2.05) is 41.8 Å².